The monoisotopic (exact) mass is 197 g/mol. The summed E-state index contributed by atoms with van der Waals surface area (Å²) >= 11 is 0. The average Bonchev–Trinajstić information content (AvgIpc) is 2.17. The van der Waals surface area contributed by atoms with E-state index in [0.717, 1.165) is 13.0 Å². The number of amides is 1. The molecule has 0 radical (unpaired) electrons. The first-order chi connectivity index (χ1) is 6.53. The number of hydrogen-bond acceptors (Lipinski definition) is 2. The lowest BCUT2D eigenvalue weighted by Gasteiger charge is -2.65. The molecule has 1 saturated heterocycles. The summed E-state index contributed by atoms with van der Waals surface area (Å²) in [6.45, 7) is 5.37. The molecule has 3 nitrogen and oxygen atoms in total. The van der Waals surface area contributed by atoms with Gasteiger partial charge >= 0.3 is 6.09 Å². The van der Waals surface area contributed by atoms with Crippen LogP contribution in [0.4, 0.5) is 4.79 Å². The van der Waals surface area contributed by atoms with Crippen LogP contribution in [-0.4, -0.2) is 30.2 Å². The number of ether oxygens (including phenoxy) is 1. The molecule has 2 fully saturated rings. The molecule has 2 atom stereocenters. The lowest BCUT2D eigenvalue weighted by molar-refractivity contribution is -0.144. The van der Waals surface area contributed by atoms with Gasteiger partial charge in [0.05, 0.1) is 12.6 Å². The summed E-state index contributed by atoms with van der Waals surface area (Å²) in [5.41, 5.74) is 0.387. The number of fused-ring (bicyclic) bond motifs is 1. The highest BCUT2D eigenvalue weighted by Crippen LogP contribution is 2.55. The maximum atomic E-state index is 11.5. The number of carbonyl (C=O) groups excluding carboxylic acids is 1. The fourth-order valence-corrected chi connectivity index (χ4v) is 3.07. The Kier molecular flexibility index (Phi) is 2.02. The van der Waals surface area contributed by atoms with Crippen LogP contribution in [-0.2, 0) is 4.74 Å². The van der Waals surface area contributed by atoms with Gasteiger partial charge in [0.25, 0.3) is 0 Å². The van der Waals surface area contributed by atoms with Crippen molar-refractivity contribution in [3.05, 3.63) is 0 Å². The van der Waals surface area contributed by atoms with Crippen LogP contribution < -0.4 is 0 Å². The quantitative estimate of drug-likeness (QED) is 0.597. The van der Waals surface area contributed by atoms with Crippen molar-refractivity contribution in [1.29, 1.82) is 0 Å². The molecule has 0 aromatic heterocycles. The van der Waals surface area contributed by atoms with Crippen LogP contribution in [0.3, 0.4) is 0 Å². The van der Waals surface area contributed by atoms with Crippen LogP contribution in [0.25, 0.3) is 0 Å². The highest BCUT2D eigenvalue weighted by molar-refractivity contribution is 5.70. The largest absolute Gasteiger partial charge is 0.453 e. The Bertz CT molecular complexity index is 266. The second-order valence-electron chi connectivity index (χ2n) is 5.10. The standard InChI is InChI=1S/C11H19NO2/c1-10-6-4-5-7-11(10,2)12(8-10)9(13)14-3/h4-8H2,1-3H3/t10-,11+/m1/s1. The van der Waals surface area contributed by atoms with Crippen LogP contribution in [0, 0.1) is 5.41 Å². The Morgan fingerprint density at radius 1 is 1.29 bits per heavy atom. The normalized spacial score (nSPS) is 41.2. The van der Waals surface area contributed by atoms with E-state index >= 15 is 0 Å². The van der Waals surface area contributed by atoms with Crippen molar-refractivity contribution in [2.45, 2.75) is 45.1 Å². The van der Waals surface area contributed by atoms with Crippen LogP contribution in [0.5, 0.6) is 0 Å². The van der Waals surface area contributed by atoms with E-state index in [0.29, 0.717) is 5.41 Å². The lowest BCUT2D eigenvalue weighted by Crippen LogP contribution is -2.74. The number of hydrogen-bond donors (Lipinski definition) is 0. The molecular weight excluding hydrogens is 178 g/mol. The fraction of sp³-hybridized carbons (Fsp3) is 0.909. The minimum atomic E-state index is -0.160. The number of nitrogens with zero attached hydrogens (tertiary/aromatic N) is 1. The SMILES string of the molecule is COC(=O)N1C[C@@]2(C)CCCC[C@]12C. The summed E-state index contributed by atoms with van der Waals surface area (Å²) in [5.74, 6) is 0. The van der Waals surface area contributed by atoms with Gasteiger partial charge in [0, 0.05) is 12.0 Å². The first-order valence-electron chi connectivity index (χ1n) is 5.39. The summed E-state index contributed by atoms with van der Waals surface area (Å²) in [4.78, 5) is 13.4. The Balaban J connectivity index is 2.17. The molecule has 0 spiro atoms. The zero-order valence-electron chi connectivity index (χ0n) is 9.30. The van der Waals surface area contributed by atoms with Gasteiger partial charge in [-0.25, -0.2) is 4.79 Å². The second kappa shape index (κ2) is 2.88. The summed E-state index contributed by atoms with van der Waals surface area (Å²) < 4.78 is 4.80. The van der Waals surface area contributed by atoms with Crippen molar-refractivity contribution in [3.63, 3.8) is 0 Å². The predicted octanol–water partition coefficient (Wildman–Crippen LogP) is 2.41. The zero-order chi connectivity index (χ0) is 10.4. The molecule has 0 unspecified atom stereocenters. The molecule has 1 saturated carbocycles. The lowest BCUT2D eigenvalue weighted by atomic mass is 9.56. The molecule has 3 heteroatoms. The van der Waals surface area contributed by atoms with Crippen LogP contribution in [0.15, 0.2) is 0 Å². The summed E-state index contributed by atoms with van der Waals surface area (Å²) in [6.07, 6.45) is 4.75. The molecular formula is C11H19NO2. The molecule has 80 valence electrons. The van der Waals surface area contributed by atoms with E-state index in [2.05, 4.69) is 13.8 Å². The van der Waals surface area contributed by atoms with Gasteiger partial charge in [0.2, 0.25) is 0 Å². The van der Waals surface area contributed by atoms with Crippen molar-refractivity contribution >= 4 is 6.09 Å². The summed E-state index contributed by atoms with van der Waals surface area (Å²) in [5, 5.41) is 0. The second-order valence-corrected chi connectivity index (χ2v) is 5.10. The van der Waals surface area contributed by atoms with E-state index < -0.39 is 0 Å². The van der Waals surface area contributed by atoms with E-state index in [1.54, 1.807) is 0 Å². The molecule has 0 aromatic carbocycles. The van der Waals surface area contributed by atoms with E-state index in [4.69, 9.17) is 4.74 Å². The highest BCUT2D eigenvalue weighted by Gasteiger charge is 2.61. The van der Waals surface area contributed by atoms with Crippen LogP contribution in [0.2, 0.25) is 0 Å². The van der Waals surface area contributed by atoms with Crippen molar-refractivity contribution in [3.8, 4) is 0 Å². The number of rotatable bonds is 0. The van der Waals surface area contributed by atoms with Crippen molar-refractivity contribution in [2.24, 2.45) is 5.41 Å². The molecule has 2 aliphatic rings. The first kappa shape index (κ1) is 9.81. The Hall–Kier alpha value is -0.730. The van der Waals surface area contributed by atoms with Gasteiger partial charge < -0.3 is 9.64 Å². The summed E-state index contributed by atoms with van der Waals surface area (Å²) in [6, 6.07) is 0. The minimum absolute atomic E-state index is 0.0539. The van der Waals surface area contributed by atoms with E-state index in [9.17, 15) is 4.79 Å². The molecule has 2 rings (SSSR count). The molecule has 0 aromatic rings. The van der Waals surface area contributed by atoms with Gasteiger partial charge in [-0.05, 0) is 19.8 Å². The first-order valence-corrected chi connectivity index (χ1v) is 5.39. The molecule has 1 heterocycles. The highest BCUT2D eigenvalue weighted by atomic mass is 16.5. The van der Waals surface area contributed by atoms with Crippen molar-refractivity contribution in [2.75, 3.05) is 13.7 Å². The smallest absolute Gasteiger partial charge is 0.409 e. The van der Waals surface area contributed by atoms with Gasteiger partial charge in [0.15, 0.2) is 0 Å². The Labute approximate surface area is 85.4 Å². The number of carbonyl (C=O) groups is 1. The minimum Gasteiger partial charge on any atom is -0.453 e. The third-order valence-corrected chi connectivity index (χ3v) is 4.44. The van der Waals surface area contributed by atoms with E-state index in [1.165, 1.54) is 26.4 Å². The Morgan fingerprint density at radius 3 is 2.50 bits per heavy atom. The van der Waals surface area contributed by atoms with Crippen LogP contribution >= 0.6 is 0 Å². The third kappa shape index (κ3) is 1.01. The maximum Gasteiger partial charge on any atom is 0.409 e. The van der Waals surface area contributed by atoms with Crippen LogP contribution in [0.1, 0.15) is 39.5 Å². The van der Waals surface area contributed by atoms with Gasteiger partial charge in [-0.2, -0.15) is 0 Å². The zero-order valence-corrected chi connectivity index (χ0v) is 9.30. The van der Waals surface area contributed by atoms with Gasteiger partial charge in [-0.1, -0.05) is 19.8 Å². The van der Waals surface area contributed by atoms with Gasteiger partial charge in [-0.15, -0.1) is 0 Å². The van der Waals surface area contributed by atoms with Crippen molar-refractivity contribution < 1.29 is 9.53 Å². The molecule has 0 N–H and O–H groups in total. The average molecular weight is 197 g/mol. The Morgan fingerprint density at radius 2 is 1.93 bits per heavy atom. The molecule has 14 heavy (non-hydrogen) atoms. The van der Waals surface area contributed by atoms with Gasteiger partial charge in [-0.3, -0.25) is 0 Å². The maximum absolute atomic E-state index is 11.5. The molecule has 1 aliphatic carbocycles. The predicted molar refractivity (Wildman–Crippen MR) is 54.1 cm³/mol. The number of methoxy groups -OCH3 is 1. The summed E-state index contributed by atoms with van der Waals surface area (Å²) in [7, 11) is 1.46. The molecule has 0 bridgehead atoms. The number of likely N-dealkylation sites (tertiary alicyclic amines) is 1. The fourth-order valence-electron chi connectivity index (χ4n) is 3.07. The van der Waals surface area contributed by atoms with Gasteiger partial charge in [0.1, 0.15) is 0 Å². The third-order valence-electron chi connectivity index (χ3n) is 4.44. The molecule has 1 amide bonds. The van der Waals surface area contributed by atoms with Crippen molar-refractivity contribution in [1.82, 2.24) is 4.90 Å². The topological polar surface area (TPSA) is 29.5 Å². The van der Waals surface area contributed by atoms with E-state index in [-0.39, 0.29) is 11.6 Å². The molecule has 1 aliphatic heterocycles. The van der Waals surface area contributed by atoms with E-state index in [1.807, 2.05) is 4.90 Å².